The van der Waals surface area contributed by atoms with E-state index in [9.17, 15) is 4.79 Å². The Balaban J connectivity index is 1.68. The minimum atomic E-state index is -1.23. The Morgan fingerprint density at radius 1 is 1.12 bits per heavy atom. The molecule has 2 aromatic carbocycles. The lowest BCUT2D eigenvalue weighted by molar-refractivity contribution is -0.116. The molecule has 1 N–H and O–H groups in total. The molecular formula is C18H13N5OS. The van der Waals surface area contributed by atoms with Crippen LogP contribution in [-0.4, -0.2) is 16.9 Å². The molecule has 0 aliphatic rings. The predicted molar refractivity (Wildman–Crippen MR) is 96.5 cm³/mol. The van der Waals surface area contributed by atoms with Crippen LogP contribution in [0.1, 0.15) is 0 Å². The van der Waals surface area contributed by atoms with Crippen molar-refractivity contribution >= 4 is 28.1 Å². The van der Waals surface area contributed by atoms with E-state index in [1.807, 2.05) is 47.8 Å². The number of azo groups is 1. The number of carbonyl (C=O) groups excluding carboxylic acids is 1. The van der Waals surface area contributed by atoms with Gasteiger partial charge in [0.1, 0.15) is 6.07 Å². The monoisotopic (exact) mass is 347 g/mol. The van der Waals surface area contributed by atoms with Crippen LogP contribution >= 0.6 is 11.3 Å². The average molecular weight is 347 g/mol. The Kier molecular flexibility index (Phi) is 5.24. The summed E-state index contributed by atoms with van der Waals surface area (Å²) in [6.07, 6.45) is 0. The van der Waals surface area contributed by atoms with Gasteiger partial charge in [-0.2, -0.15) is 15.5 Å². The van der Waals surface area contributed by atoms with Gasteiger partial charge in [-0.15, -0.1) is 11.3 Å². The van der Waals surface area contributed by atoms with Gasteiger partial charge in [0.2, 0.25) is 6.04 Å². The van der Waals surface area contributed by atoms with Gasteiger partial charge in [-0.05, 0) is 12.1 Å². The molecule has 1 unspecified atom stereocenters. The lowest BCUT2D eigenvalue weighted by Crippen LogP contribution is -2.24. The Bertz CT molecular complexity index is 915. The smallest absolute Gasteiger partial charge is 0.267 e. The summed E-state index contributed by atoms with van der Waals surface area (Å²) < 4.78 is 0. The minimum Gasteiger partial charge on any atom is -0.299 e. The van der Waals surface area contributed by atoms with Crippen molar-refractivity contribution in [2.45, 2.75) is 6.04 Å². The van der Waals surface area contributed by atoms with Crippen molar-refractivity contribution in [1.29, 1.82) is 5.26 Å². The van der Waals surface area contributed by atoms with Crippen LogP contribution in [0, 0.1) is 11.3 Å². The Hall–Kier alpha value is -3.37. The highest BCUT2D eigenvalue weighted by Crippen LogP contribution is 2.24. The first-order valence-corrected chi connectivity index (χ1v) is 8.31. The summed E-state index contributed by atoms with van der Waals surface area (Å²) >= 11 is 1.29. The molecule has 0 spiro atoms. The van der Waals surface area contributed by atoms with Crippen LogP contribution in [0.15, 0.2) is 76.3 Å². The maximum atomic E-state index is 12.2. The first-order valence-electron chi connectivity index (χ1n) is 7.43. The number of hydrogen-bond acceptors (Lipinski definition) is 6. The first-order chi connectivity index (χ1) is 12.3. The number of anilines is 1. The van der Waals surface area contributed by atoms with Crippen LogP contribution in [0.25, 0.3) is 11.3 Å². The van der Waals surface area contributed by atoms with Crippen molar-refractivity contribution in [1.82, 2.24) is 4.98 Å². The van der Waals surface area contributed by atoms with Crippen LogP contribution in [0.3, 0.4) is 0 Å². The number of nitrogens with zero attached hydrogens (tertiary/aromatic N) is 4. The number of thiazole rings is 1. The number of rotatable bonds is 5. The van der Waals surface area contributed by atoms with Gasteiger partial charge in [0.15, 0.2) is 5.13 Å². The van der Waals surface area contributed by atoms with Gasteiger partial charge in [0.05, 0.1) is 11.4 Å². The molecule has 3 aromatic rings. The lowest BCUT2D eigenvalue weighted by Gasteiger charge is -2.02. The lowest BCUT2D eigenvalue weighted by atomic mass is 10.2. The van der Waals surface area contributed by atoms with Gasteiger partial charge in [0.25, 0.3) is 5.91 Å². The fraction of sp³-hybridized carbons (Fsp3) is 0.0556. The first kappa shape index (κ1) is 16.5. The van der Waals surface area contributed by atoms with E-state index in [0.717, 1.165) is 11.3 Å². The third-order valence-corrected chi connectivity index (χ3v) is 3.98. The molecule has 6 nitrogen and oxygen atoms in total. The number of nitrogens with one attached hydrogen (secondary N) is 1. The molecule has 0 fully saturated rings. The van der Waals surface area contributed by atoms with E-state index in [0.29, 0.717) is 10.8 Å². The van der Waals surface area contributed by atoms with E-state index in [1.54, 1.807) is 24.3 Å². The molecule has 0 bridgehead atoms. The van der Waals surface area contributed by atoms with Gasteiger partial charge in [-0.3, -0.25) is 10.1 Å². The summed E-state index contributed by atoms with van der Waals surface area (Å²) in [5, 5.41) is 21.7. The Morgan fingerprint density at radius 3 is 2.48 bits per heavy atom. The molecular weight excluding hydrogens is 334 g/mol. The maximum Gasteiger partial charge on any atom is 0.267 e. The topological polar surface area (TPSA) is 90.5 Å². The number of amides is 1. The van der Waals surface area contributed by atoms with Gasteiger partial charge >= 0.3 is 0 Å². The molecule has 7 heteroatoms. The molecule has 0 saturated heterocycles. The van der Waals surface area contributed by atoms with E-state index in [2.05, 4.69) is 20.5 Å². The Morgan fingerprint density at radius 2 is 1.80 bits per heavy atom. The van der Waals surface area contributed by atoms with Gasteiger partial charge < -0.3 is 0 Å². The normalized spacial score (nSPS) is 11.8. The van der Waals surface area contributed by atoms with Crippen molar-refractivity contribution in [3.05, 3.63) is 66.0 Å². The second-order valence-corrected chi connectivity index (χ2v) is 5.83. The molecule has 1 aromatic heterocycles. The number of aromatic nitrogens is 1. The molecule has 0 aliphatic heterocycles. The van der Waals surface area contributed by atoms with Crippen LogP contribution < -0.4 is 5.32 Å². The summed E-state index contributed by atoms with van der Waals surface area (Å²) in [5.74, 6) is -0.559. The molecule has 0 saturated carbocycles. The van der Waals surface area contributed by atoms with Crippen LogP contribution in [0.5, 0.6) is 0 Å². The van der Waals surface area contributed by atoms with Gasteiger partial charge in [-0.25, -0.2) is 4.98 Å². The SMILES string of the molecule is N#CC(N=Nc1ccccc1)C(=O)Nc1nc(-c2ccccc2)cs1. The van der Waals surface area contributed by atoms with Crippen LogP contribution in [0.4, 0.5) is 10.8 Å². The van der Waals surface area contributed by atoms with E-state index >= 15 is 0 Å². The number of carbonyl (C=O) groups is 1. The largest absolute Gasteiger partial charge is 0.299 e. The molecule has 3 rings (SSSR count). The fourth-order valence-electron chi connectivity index (χ4n) is 2.00. The molecule has 25 heavy (non-hydrogen) atoms. The van der Waals surface area contributed by atoms with Crippen LogP contribution in [0.2, 0.25) is 0 Å². The van der Waals surface area contributed by atoms with E-state index in [4.69, 9.17) is 5.26 Å². The predicted octanol–water partition coefficient (Wildman–Crippen LogP) is 4.42. The zero-order chi connectivity index (χ0) is 17.5. The van der Waals surface area contributed by atoms with Crippen molar-refractivity contribution in [3.63, 3.8) is 0 Å². The second-order valence-electron chi connectivity index (χ2n) is 4.98. The second kappa shape index (κ2) is 7.95. The fourth-order valence-corrected chi connectivity index (χ4v) is 2.72. The van der Waals surface area contributed by atoms with Crippen molar-refractivity contribution in [3.8, 4) is 17.3 Å². The number of benzene rings is 2. The van der Waals surface area contributed by atoms with Gasteiger partial charge in [0, 0.05) is 10.9 Å². The minimum absolute atomic E-state index is 0.416. The molecule has 1 atom stereocenters. The average Bonchev–Trinajstić information content (AvgIpc) is 3.12. The number of hydrogen-bond donors (Lipinski definition) is 1. The van der Waals surface area contributed by atoms with Crippen molar-refractivity contribution in [2.75, 3.05) is 5.32 Å². The molecule has 0 radical (unpaired) electrons. The number of nitriles is 1. The third kappa shape index (κ3) is 4.34. The summed E-state index contributed by atoms with van der Waals surface area (Å²) in [5.41, 5.74) is 2.30. The summed E-state index contributed by atoms with van der Waals surface area (Å²) in [6, 6.07) is 19.2. The summed E-state index contributed by atoms with van der Waals surface area (Å²) in [7, 11) is 0. The van der Waals surface area contributed by atoms with Crippen LogP contribution in [-0.2, 0) is 4.79 Å². The van der Waals surface area contributed by atoms with E-state index < -0.39 is 11.9 Å². The molecule has 1 amide bonds. The highest BCUT2D eigenvalue weighted by Gasteiger charge is 2.18. The zero-order valence-corrected chi connectivity index (χ0v) is 13.9. The third-order valence-electron chi connectivity index (χ3n) is 3.22. The molecule has 122 valence electrons. The highest BCUT2D eigenvalue weighted by molar-refractivity contribution is 7.14. The molecule has 0 aliphatic carbocycles. The van der Waals surface area contributed by atoms with E-state index in [1.165, 1.54) is 11.3 Å². The zero-order valence-electron chi connectivity index (χ0n) is 13.0. The van der Waals surface area contributed by atoms with Crippen molar-refractivity contribution in [2.24, 2.45) is 10.2 Å². The highest BCUT2D eigenvalue weighted by atomic mass is 32.1. The summed E-state index contributed by atoms with van der Waals surface area (Å²) in [4.78, 5) is 16.6. The summed E-state index contributed by atoms with van der Waals surface area (Å²) in [6.45, 7) is 0. The van der Waals surface area contributed by atoms with Gasteiger partial charge in [-0.1, -0.05) is 48.5 Å². The molecule has 1 heterocycles. The standard InChI is InChI=1S/C18H13N5OS/c19-11-15(23-22-14-9-5-2-6-10-14)17(24)21-18-20-16(12-25-18)13-7-3-1-4-8-13/h1-10,12,15H,(H,20,21,24). The maximum absolute atomic E-state index is 12.2. The quantitative estimate of drug-likeness (QED) is 0.692. The Labute approximate surface area is 148 Å². The van der Waals surface area contributed by atoms with E-state index in [-0.39, 0.29) is 0 Å². The van der Waals surface area contributed by atoms with Crippen molar-refractivity contribution < 1.29 is 4.79 Å².